The minimum Gasteiger partial charge on any atom is -0.497 e. The van der Waals surface area contributed by atoms with E-state index in [0.717, 1.165) is 37.2 Å². The normalized spacial score (nSPS) is 15.3. The van der Waals surface area contributed by atoms with Gasteiger partial charge < -0.3 is 14.5 Å². The van der Waals surface area contributed by atoms with Crippen LogP contribution in [0, 0.1) is 10.1 Å². The Kier molecular flexibility index (Phi) is 6.74. The number of fused-ring (bicyclic) bond motifs is 1. The standard InChI is InChI=1S/C23H26N4O6/c1-32-18-8-5-16(6-9-18)20(25-11-3-2-4-12-25)14-24-22(28)15-26-19-10-7-17(27(30)31)13-21(19)33-23(26)29/h5-10,13,20H,2-4,11-12,14-15H2,1H3,(H,24,28)/t20-/m0/s1. The number of carbonyl (C=O) groups is 1. The van der Waals surface area contributed by atoms with Gasteiger partial charge in [-0.2, -0.15) is 0 Å². The van der Waals surface area contributed by atoms with Crippen molar-refractivity contribution in [3.8, 4) is 5.75 Å². The average molecular weight is 454 g/mol. The molecular weight excluding hydrogens is 428 g/mol. The third-order valence-corrected chi connectivity index (χ3v) is 5.99. The predicted molar refractivity (Wildman–Crippen MR) is 121 cm³/mol. The molecule has 0 saturated carbocycles. The third-order valence-electron chi connectivity index (χ3n) is 5.99. The van der Waals surface area contributed by atoms with Crippen molar-refractivity contribution in [3.63, 3.8) is 0 Å². The zero-order valence-electron chi connectivity index (χ0n) is 18.4. The highest BCUT2D eigenvalue weighted by molar-refractivity contribution is 5.80. The van der Waals surface area contributed by atoms with Crippen molar-refractivity contribution in [2.24, 2.45) is 0 Å². The lowest BCUT2D eigenvalue weighted by molar-refractivity contribution is -0.384. The Morgan fingerprint density at radius 1 is 1.18 bits per heavy atom. The van der Waals surface area contributed by atoms with Crippen LogP contribution in [0.4, 0.5) is 5.69 Å². The molecule has 0 spiro atoms. The van der Waals surface area contributed by atoms with Gasteiger partial charge in [-0.3, -0.25) is 24.4 Å². The summed E-state index contributed by atoms with van der Waals surface area (Å²) in [5.41, 5.74) is 1.31. The van der Waals surface area contributed by atoms with Crippen molar-refractivity contribution in [1.29, 1.82) is 0 Å². The van der Waals surface area contributed by atoms with Crippen LogP contribution in [-0.2, 0) is 11.3 Å². The number of piperidine rings is 1. The van der Waals surface area contributed by atoms with Crippen LogP contribution in [0.2, 0.25) is 0 Å². The molecule has 0 bridgehead atoms. The van der Waals surface area contributed by atoms with E-state index in [9.17, 15) is 19.7 Å². The predicted octanol–water partition coefficient (Wildman–Crippen LogP) is 2.85. The number of hydrogen-bond donors (Lipinski definition) is 1. The molecule has 1 aliphatic heterocycles. The summed E-state index contributed by atoms with van der Waals surface area (Å²) < 4.78 is 11.5. The van der Waals surface area contributed by atoms with Crippen LogP contribution in [-0.4, -0.2) is 47.0 Å². The van der Waals surface area contributed by atoms with E-state index >= 15 is 0 Å². The number of carbonyl (C=O) groups excluding carboxylic acids is 1. The second-order valence-corrected chi connectivity index (χ2v) is 8.05. The number of rotatable bonds is 8. The van der Waals surface area contributed by atoms with Crippen molar-refractivity contribution in [2.75, 3.05) is 26.7 Å². The van der Waals surface area contributed by atoms with E-state index in [4.69, 9.17) is 9.15 Å². The molecule has 174 valence electrons. The molecule has 10 nitrogen and oxygen atoms in total. The molecule has 1 N–H and O–H groups in total. The minimum absolute atomic E-state index is 0.000576. The molecular formula is C23H26N4O6. The van der Waals surface area contributed by atoms with Crippen LogP contribution < -0.4 is 15.8 Å². The molecule has 10 heteroatoms. The van der Waals surface area contributed by atoms with Gasteiger partial charge in [-0.05, 0) is 49.7 Å². The van der Waals surface area contributed by atoms with E-state index < -0.39 is 10.7 Å². The summed E-state index contributed by atoms with van der Waals surface area (Å²) in [6, 6.07) is 11.7. The Morgan fingerprint density at radius 3 is 2.58 bits per heavy atom. The third kappa shape index (κ3) is 5.06. The van der Waals surface area contributed by atoms with Gasteiger partial charge >= 0.3 is 5.76 Å². The fourth-order valence-corrected chi connectivity index (χ4v) is 4.24. The van der Waals surface area contributed by atoms with Crippen LogP contribution in [0.3, 0.4) is 0 Å². The molecule has 1 atom stereocenters. The van der Waals surface area contributed by atoms with Gasteiger partial charge in [-0.25, -0.2) is 4.79 Å². The molecule has 2 aromatic carbocycles. The van der Waals surface area contributed by atoms with Crippen LogP contribution in [0.15, 0.2) is 51.7 Å². The lowest BCUT2D eigenvalue weighted by Gasteiger charge is -2.35. The van der Waals surface area contributed by atoms with Crippen LogP contribution in [0.1, 0.15) is 30.9 Å². The van der Waals surface area contributed by atoms with Gasteiger partial charge in [0, 0.05) is 12.6 Å². The van der Waals surface area contributed by atoms with Gasteiger partial charge in [0.1, 0.15) is 12.3 Å². The molecule has 1 aromatic heterocycles. The number of nitro groups is 1. The number of ether oxygens (including phenoxy) is 1. The van der Waals surface area contributed by atoms with Crippen molar-refractivity contribution in [2.45, 2.75) is 31.8 Å². The second-order valence-electron chi connectivity index (χ2n) is 8.05. The van der Waals surface area contributed by atoms with Crippen LogP contribution >= 0.6 is 0 Å². The van der Waals surface area contributed by atoms with E-state index in [-0.39, 0.29) is 29.8 Å². The first-order valence-electron chi connectivity index (χ1n) is 10.9. The monoisotopic (exact) mass is 454 g/mol. The first-order chi connectivity index (χ1) is 16.0. The molecule has 0 aliphatic carbocycles. The van der Waals surface area contributed by atoms with Crippen molar-refractivity contribution >= 4 is 22.7 Å². The highest BCUT2D eigenvalue weighted by Gasteiger charge is 2.23. The summed E-state index contributed by atoms with van der Waals surface area (Å²) >= 11 is 0. The Hall–Kier alpha value is -3.66. The van der Waals surface area contributed by atoms with Crippen LogP contribution in [0.25, 0.3) is 11.1 Å². The lowest BCUT2D eigenvalue weighted by Crippen LogP contribution is -2.41. The summed E-state index contributed by atoms with van der Waals surface area (Å²) in [5, 5.41) is 13.9. The van der Waals surface area contributed by atoms with E-state index in [2.05, 4.69) is 10.2 Å². The highest BCUT2D eigenvalue weighted by Crippen LogP contribution is 2.26. The molecule has 1 aliphatic rings. The first kappa shape index (κ1) is 22.5. The zero-order valence-corrected chi connectivity index (χ0v) is 18.4. The molecule has 4 rings (SSSR count). The van der Waals surface area contributed by atoms with Gasteiger partial charge in [-0.1, -0.05) is 18.6 Å². The number of nitrogens with zero attached hydrogens (tertiary/aromatic N) is 3. The number of methoxy groups -OCH3 is 1. The number of oxazole rings is 1. The molecule has 3 aromatic rings. The van der Waals surface area contributed by atoms with Gasteiger partial charge in [0.05, 0.1) is 29.7 Å². The quantitative estimate of drug-likeness (QED) is 0.410. The summed E-state index contributed by atoms with van der Waals surface area (Å²) in [5.74, 6) is -0.302. The van der Waals surface area contributed by atoms with Crippen molar-refractivity contribution < 1.29 is 18.9 Å². The second kappa shape index (κ2) is 9.86. The topological polar surface area (TPSA) is 120 Å². The van der Waals surface area contributed by atoms with Gasteiger partial charge in [0.2, 0.25) is 5.91 Å². The average Bonchev–Trinajstić information content (AvgIpc) is 3.14. The summed E-state index contributed by atoms with van der Waals surface area (Å²) in [4.78, 5) is 37.7. The first-order valence-corrected chi connectivity index (χ1v) is 10.9. The molecule has 1 saturated heterocycles. The zero-order chi connectivity index (χ0) is 23.4. The van der Waals surface area contributed by atoms with E-state index in [0.29, 0.717) is 12.1 Å². The summed E-state index contributed by atoms with van der Waals surface area (Å²) in [6.07, 6.45) is 3.43. The Labute approximate surface area is 189 Å². The number of amides is 1. The Balaban J connectivity index is 1.48. The van der Waals surface area contributed by atoms with E-state index in [1.807, 2.05) is 24.3 Å². The largest absolute Gasteiger partial charge is 0.497 e. The Morgan fingerprint density at radius 2 is 1.91 bits per heavy atom. The van der Waals surface area contributed by atoms with E-state index in [1.54, 1.807) is 7.11 Å². The van der Waals surface area contributed by atoms with Gasteiger partial charge in [-0.15, -0.1) is 0 Å². The number of hydrogen-bond acceptors (Lipinski definition) is 7. The number of aromatic nitrogens is 1. The maximum absolute atomic E-state index is 12.7. The maximum Gasteiger partial charge on any atom is 0.420 e. The SMILES string of the molecule is COc1ccc([C@H](CNC(=O)Cn2c(=O)oc3cc([N+](=O)[O-])ccc32)N2CCCCC2)cc1. The highest BCUT2D eigenvalue weighted by atomic mass is 16.6. The molecule has 2 heterocycles. The van der Waals surface area contributed by atoms with Crippen LogP contribution in [0.5, 0.6) is 5.75 Å². The summed E-state index contributed by atoms with van der Waals surface area (Å²) in [7, 11) is 1.62. The summed E-state index contributed by atoms with van der Waals surface area (Å²) in [6.45, 7) is 2.06. The van der Waals surface area contributed by atoms with E-state index in [1.165, 1.54) is 29.2 Å². The van der Waals surface area contributed by atoms with Crippen molar-refractivity contribution in [1.82, 2.24) is 14.8 Å². The fourth-order valence-electron chi connectivity index (χ4n) is 4.24. The minimum atomic E-state index is -0.733. The smallest absolute Gasteiger partial charge is 0.420 e. The van der Waals surface area contributed by atoms with Crippen molar-refractivity contribution in [3.05, 3.63) is 68.7 Å². The fraction of sp³-hybridized carbons (Fsp3) is 0.391. The number of benzene rings is 2. The number of nitro benzene ring substituents is 1. The molecule has 0 radical (unpaired) electrons. The number of non-ortho nitro benzene ring substituents is 1. The van der Waals surface area contributed by atoms with Gasteiger partial charge in [0.15, 0.2) is 5.58 Å². The lowest BCUT2D eigenvalue weighted by atomic mass is 10.0. The molecule has 33 heavy (non-hydrogen) atoms. The molecule has 0 unspecified atom stereocenters. The number of nitrogens with one attached hydrogen (secondary N) is 1. The Bertz CT molecular complexity index is 1190. The van der Waals surface area contributed by atoms with Gasteiger partial charge in [0.25, 0.3) is 5.69 Å². The number of likely N-dealkylation sites (tertiary alicyclic amines) is 1. The maximum atomic E-state index is 12.7. The molecule has 1 amide bonds. The molecule has 1 fully saturated rings.